The fourth-order valence-corrected chi connectivity index (χ4v) is 1.89. The van der Waals surface area contributed by atoms with Gasteiger partial charge in [-0.15, -0.1) is 0 Å². The Labute approximate surface area is 90.7 Å². The number of hydrogen-bond donors (Lipinski definition) is 1. The fraction of sp³-hybridized carbons (Fsp3) is 0.500. The van der Waals surface area contributed by atoms with Crippen LogP contribution in [0.25, 0.3) is 0 Å². The molecule has 0 aliphatic rings. The highest BCUT2D eigenvalue weighted by Gasteiger charge is 2.16. The van der Waals surface area contributed by atoms with Crippen LogP contribution < -0.4 is 0 Å². The number of furan rings is 1. The van der Waals surface area contributed by atoms with E-state index in [4.69, 9.17) is 9.52 Å². The Morgan fingerprint density at radius 2 is 2.20 bits per heavy atom. The summed E-state index contributed by atoms with van der Waals surface area (Å²) in [5.41, 5.74) is 0.568. The van der Waals surface area contributed by atoms with Gasteiger partial charge in [-0.25, -0.2) is 4.79 Å². The third kappa shape index (κ3) is 2.92. The molecular weight excluding hydrogens is 216 g/mol. The third-order valence-corrected chi connectivity index (χ3v) is 3.59. The molecule has 1 aromatic heterocycles. The number of carboxylic acid groups (broad SMARTS) is 1. The van der Waals surface area contributed by atoms with Crippen molar-refractivity contribution in [2.45, 2.75) is 31.8 Å². The number of aromatic carboxylic acids is 1. The van der Waals surface area contributed by atoms with Gasteiger partial charge in [-0.05, 0) is 13.0 Å². The SMILES string of the molecule is Cc1cc(CS(=O)C(C)C)oc1C(=O)O. The second-order valence-corrected chi connectivity index (χ2v) is 5.60. The van der Waals surface area contributed by atoms with Crippen LogP contribution in [0, 0.1) is 6.92 Å². The van der Waals surface area contributed by atoms with E-state index in [2.05, 4.69) is 0 Å². The average Bonchev–Trinajstić information content (AvgIpc) is 2.46. The molecule has 1 heterocycles. The van der Waals surface area contributed by atoms with Crippen LogP contribution in [0.5, 0.6) is 0 Å². The second-order valence-electron chi connectivity index (χ2n) is 3.60. The highest BCUT2D eigenvalue weighted by molar-refractivity contribution is 7.84. The molecule has 4 nitrogen and oxygen atoms in total. The van der Waals surface area contributed by atoms with Gasteiger partial charge < -0.3 is 9.52 Å². The lowest BCUT2D eigenvalue weighted by Crippen LogP contribution is -2.07. The Morgan fingerprint density at radius 1 is 1.60 bits per heavy atom. The van der Waals surface area contributed by atoms with Crippen molar-refractivity contribution in [1.82, 2.24) is 0 Å². The molecule has 0 radical (unpaired) electrons. The number of rotatable bonds is 4. The lowest BCUT2D eigenvalue weighted by molar-refractivity contribution is 0.0659. The standard InChI is InChI=1S/C10H14O4S/c1-6(2)15(13)5-8-4-7(3)9(14-8)10(11)12/h4,6H,5H2,1-3H3,(H,11,12). The van der Waals surface area contributed by atoms with Crippen LogP contribution >= 0.6 is 0 Å². The first kappa shape index (κ1) is 12.0. The van der Waals surface area contributed by atoms with Crippen LogP contribution in [-0.2, 0) is 16.6 Å². The minimum atomic E-state index is -1.09. The van der Waals surface area contributed by atoms with Crippen LogP contribution in [0.2, 0.25) is 0 Å². The van der Waals surface area contributed by atoms with Gasteiger partial charge in [0.25, 0.3) is 0 Å². The van der Waals surface area contributed by atoms with E-state index < -0.39 is 16.8 Å². The molecule has 15 heavy (non-hydrogen) atoms. The Hall–Kier alpha value is -1.10. The van der Waals surface area contributed by atoms with Gasteiger partial charge in [0.05, 0.1) is 5.75 Å². The minimum Gasteiger partial charge on any atom is -0.475 e. The quantitative estimate of drug-likeness (QED) is 0.858. The van der Waals surface area contributed by atoms with E-state index in [-0.39, 0.29) is 16.8 Å². The molecule has 84 valence electrons. The number of aryl methyl sites for hydroxylation is 1. The van der Waals surface area contributed by atoms with E-state index in [1.165, 1.54) is 0 Å². The Bertz CT molecular complexity index is 392. The molecule has 1 atom stereocenters. The molecule has 0 aliphatic carbocycles. The van der Waals surface area contributed by atoms with Gasteiger partial charge in [-0.3, -0.25) is 4.21 Å². The lowest BCUT2D eigenvalue weighted by atomic mass is 10.3. The Morgan fingerprint density at radius 3 is 2.60 bits per heavy atom. The Balaban J connectivity index is 2.84. The summed E-state index contributed by atoms with van der Waals surface area (Å²) in [7, 11) is -1.02. The summed E-state index contributed by atoms with van der Waals surface area (Å²) in [5, 5.41) is 8.80. The van der Waals surface area contributed by atoms with Crippen LogP contribution in [0.4, 0.5) is 0 Å². The summed E-state index contributed by atoms with van der Waals surface area (Å²) in [5.74, 6) is -0.414. The summed E-state index contributed by atoms with van der Waals surface area (Å²) >= 11 is 0. The highest BCUT2D eigenvalue weighted by Crippen LogP contribution is 2.17. The molecule has 1 N–H and O–H groups in total. The monoisotopic (exact) mass is 230 g/mol. The first-order valence-electron chi connectivity index (χ1n) is 4.61. The van der Waals surface area contributed by atoms with Crippen molar-refractivity contribution in [3.05, 3.63) is 23.2 Å². The zero-order chi connectivity index (χ0) is 11.6. The van der Waals surface area contributed by atoms with E-state index in [1.54, 1.807) is 13.0 Å². The van der Waals surface area contributed by atoms with Crippen LogP contribution in [0.1, 0.15) is 35.7 Å². The molecule has 1 rings (SSSR count). The van der Waals surface area contributed by atoms with Gasteiger partial charge in [0.2, 0.25) is 5.76 Å². The first-order valence-corrected chi connectivity index (χ1v) is 5.99. The second kappa shape index (κ2) is 4.61. The van der Waals surface area contributed by atoms with E-state index >= 15 is 0 Å². The highest BCUT2D eigenvalue weighted by atomic mass is 32.2. The zero-order valence-corrected chi connectivity index (χ0v) is 9.76. The molecule has 0 saturated carbocycles. The lowest BCUT2D eigenvalue weighted by Gasteiger charge is -2.01. The largest absolute Gasteiger partial charge is 0.475 e. The molecule has 0 saturated heterocycles. The molecule has 0 fully saturated rings. The van der Waals surface area contributed by atoms with E-state index in [0.29, 0.717) is 11.3 Å². The molecular formula is C10H14O4S. The molecule has 1 aromatic rings. The van der Waals surface area contributed by atoms with Crippen molar-refractivity contribution in [3.8, 4) is 0 Å². The van der Waals surface area contributed by atoms with Gasteiger partial charge in [-0.2, -0.15) is 0 Å². The van der Waals surface area contributed by atoms with Gasteiger partial charge in [0.15, 0.2) is 0 Å². The van der Waals surface area contributed by atoms with Crippen molar-refractivity contribution in [1.29, 1.82) is 0 Å². The van der Waals surface area contributed by atoms with Crippen molar-refractivity contribution in [3.63, 3.8) is 0 Å². The van der Waals surface area contributed by atoms with Crippen molar-refractivity contribution in [2.24, 2.45) is 0 Å². The predicted octanol–water partition coefficient (Wildman–Crippen LogP) is 1.94. The van der Waals surface area contributed by atoms with Crippen LogP contribution in [0.15, 0.2) is 10.5 Å². The molecule has 1 unspecified atom stereocenters. The molecule has 0 bridgehead atoms. The first-order chi connectivity index (χ1) is 6.91. The number of hydrogen-bond acceptors (Lipinski definition) is 3. The molecule has 0 aromatic carbocycles. The maximum Gasteiger partial charge on any atom is 0.372 e. The molecule has 5 heteroatoms. The molecule has 0 aliphatic heterocycles. The summed E-state index contributed by atoms with van der Waals surface area (Å²) in [6, 6.07) is 1.63. The van der Waals surface area contributed by atoms with Crippen molar-refractivity contribution >= 4 is 16.8 Å². The van der Waals surface area contributed by atoms with Gasteiger partial charge in [0.1, 0.15) is 5.76 Å². The van der Waals surface area contributed by atoms with E-state index in [9.17, 15) is 9.00 Å². The van der Waals surface area contributed by atoms with Crippen molar-refractivity contribution < 1.29 is 18.5 Å². The minimum absolute atomic E-state index is 0.0451. The normalized spacial score (nSPS) is 13.1. The summed E-state index contributed by atoms with van der Waals surface area (Å²) in [6.07, 6.45) is 0. The number of carbonyl (C=O) groups is 1. The Kier molecular flexibility index (Phi) is 3.68. The summed E-state index contributed by atoms with van der Waals surface area (Å²) in [6.45, 7) is 5.36. The van der Waals surface area contributed by atoms with E-state index in [0.717, 1.165) is 0 Å². The number of carboxylic acids is 1. The van der Waals surface area contributed by atoms with Gasteiger partial charge in [-0.1, -0.05) is 13.8 Å². The predicted molar refractivity (Wildman–Crippen MR) is 57.4 cm³/mol. The van der Waals surface area contributed by atoms with E-state index in [1.807, 2.05) is 13.8 Å². The zero-order valence-electron chi connectivity index (χ0n) is 8.94. The van der Waals surface area contributed by atoms with Crippen molar-refractivity contribution in [2.75, 3.05) is 0 Å². The fourth-order valence-electron chi connectivity index (χ4n) is 1.14. The molecule has 0 amide bonds. The van der Waals surface area contributed by atoms with Crippen LogP contribution in [-0.4, -0.2) is 20.5 Å². The smallest absolute Gasteiger partial charge is 0.372 e. The molecule has 0 spiro atoms. The summed E-state index contributed by atoms with van der Waals surface area (Å²) < 4.78 is 16.6. The third-order valence-electron chi connectivity index (χ3n) is 1.97. The maximum absolute atomic E-state index is 11.5. The average molecular weight is 230 g/mol. The van der Waals surface area contributed by atoms with Gasteiger partial charge in [0, 0.05) is 21.6 Å². The topological polar surface area (TPSA) is 67.5 Å². The maximum atomic E-state index is 11.5. The summed E-state index contributed by atoms with van der Waals surface area (Å²) in [4.78, 5) is 10.7. The van der Waals surface area contributed by atoms with Crippen LogP contribution in [0.3, 0.4) is 0 Å². The van der Waals surface area contributed by atoms with Gasteiger partial charge >= 0.3 is 5.97 Å².